The van der Waals surface area contributed by atoms with E-state index in [9.17, 15) is 4.79 Å². The van der Waals surface area contributed by atoms with E-state index in [1.807, 2.05) is 92.7 Å². The molecule has 6 heteroatoms. The van der Waals surface area contributed by atoms with Crippen LogP contribution in [0.15, 0.2) is 72.8 Å². The Morgan fingerprint density at radius 1 is 0.938 bits per heavy atom. The molecule has 0 unspecified atom stereocenters. The van der Waals surface area contributed by atoms with Gasteiger partial charge in [0.05, 0.1) is 23.4 Å². The lowest BCUT2D eigenvalue weighted by molar-refractivity contribution is -0.111. The van der Waals surface area contributed by atoms with E-state index in [0.29, 0.717) is 23.9 Å². The molecule has 0 aliphatic heterocycles. The van der Waals surface area contributed by atoms with Gasteiger partial charge < -0.3 is 9.47 Å². The third-order valence-electron chi connectivity index (χ3n) is 4.72. The van der Waals surface area contributed by atoms with E-state index >= 15 is 0 Å². The maximum Gasteiger partial charge on any atom is 0.258 e. The number of fused-ring (bicyclic) bond motifs is 1. The Morgan fingerprint density at radius 2 is 1.62 bits per heavy atom. The molecule has 4 aromatic rings. The van der Waals surface area contributed by atoms with E-state index < -0.39 is 0 Å². The minimum Gasteiger partial charge on any atom is -0.494 e. The molecule has 4 rings (SSSR count). The van der Waals surface area contributed by atoms with Gasteiger partial charge in [-0.2, -0.15) is 0 Å². The van der Waals surface area contributed by atoms with Gasteiger partial charge in [0.25, 0.3) is 5.91 Å². The smallest absolute Gasteiger partial charge is 0.258 e. The highest BCUT2D eigenvalue weighted by molar-refractivity contribution is 7.22. The fourth-order valence-corrected chi connectivity index (χ4v) is 4.16. The van der Waals surface area contributed by atoms with Crippen LogP contribution in [0.2, 0.25) is 0 Å². The number of nitrogens with one attached hydrogen (secondary N) is 1. The summed E-state index contributed by atoms with van der Waals surface area (Å²) < 4.78 is 12.0. The normalized spacial score (nSPS) is 11.4. The molecule has 32 heavy (non-hydrogen) atoms. The van der Waals surface area contributed by atoms with E-state index in [4.69, 9.17) is 9.47 Å². The van der Waals surface area contributed by atoms with Crippen molar-refractivity contribution < 1.29 is 14.3 Å². The maximum atomic E-state index is 13.3. The number of aromatic nitrogens is 1. The van der Waals surface area contributed by atoms with Gasteiger partial charge in [0.15, 0.2) is 5.13 Å². The molecule has 0 aliphatic rings. The first-order chi connectivity index (χ1) is 15.7. The van der Waals surface area contributed by atoms with Crippen LogP contribution in [-0.2, 0) is 4.79 Å². The van der Waals surface area contributed by atoms with Gasteiger partial charge in [-0.15, -0.1) is 0 Å². The number of carbonyl (C=O) groups excluding carboxylic acids is 1. The van der Waals surface area contributed by atoms with E-state index in [0.717, 1.165) is 32.8 Å². The molecular formula is C26H24N2O3S. The third-order valence-corrected chi connectivity index (χ3v) is 5.66. The van der Waals surface area contributed by atoms with Gasteiger partial charge in [0.2, 0.25) is 0 Å². The first kappa shape index (κ1) is 21.6. The summed E-state index contributed by atoms with van der Waals surface area (Å²) in [5.74, 6) is 1.38. The predicted molar refractivity (Wildman–Crippen MR) is 131 cm³/mol. The van der Waals surface area contributed by atoms with Crippen molar-refractivity contribution in [3.05, 3.63) is 83.9 Å². The number of hydrogen-bond donors (Lipinski definition) is 1. The molecule has 3 aromatic carbocycles. The summed E-state index contributed by atoms with van der Waals surface area (Å²) in [6.45, 7) is 5.11. The van der Waals surface area contributed by atoms with Gasteiger partial charge in [-0.1, -0.05) is 53.8 Å². The quantitative estimate of drug-likeness (QED) is 0.257. The average Bonchev–Trinajstić information content (AvgIpc) is 3.21. The third kappa shape index (κ3) is 5.15. The lowest BCUT2D eigenvalue weighted by Crippen LogP contribution is -2.13. The minimum absolute atomic E-state index is 0.214. The second-order valence-corrected chi connectivity index (χ2v) is 7.99. The Balaban J connectivity index is 1.62. The van der Waals surface area contributed by atoms with E-state index in [2.05, 4.69) is 10.3 Å². The summed E-state index contributed by atoms with van der Waals surface area (Å²) in [5, 5.41) is 3.52. The Hall–Kier alpha value is -3.64. The molecule has 5 nitrogen and oxygen atoms in total. The van der Waals surface area contributed by atoms with Crippen LogP contribution in [0.4, 0.5) is 5.13 Å². The first-order valence-corrected chi connectivity index (χ1v) is 11.3. The molecule has 0 saturated carbocycles. The number of amides is 1. The molecule has 0 aliphatic carbocycles. The van der Waals surface area contributed by atoms with Gasteiger partial charge in [-0.3, -0.25) is 10.1 Å². The summed E-state index contributed by atoms with van der Waals surface area (Å²) in [6.07, 6.45) is 1.88. The summed E-state index contributed by atoms with van der Waals surface area (Å²) in [4.78, 5) is 17.8. The van der Waals surface area contributed by atoms with Crippen LogP contribution in [0.5, 0.6) is 11.5 Å². The highest BCUT2D eigenvalue weighted by Crippen LogP contribution is 2.30. The molecule has 1 amide bonds. The summed E-state index contributed by atoms with van der Waals surface area (Å²) in [6, 6.07) is 23.0. The van der Waals surface area contributed by atoms with Crippen LogP contribution in [-0.4, -0.2) is 24.1 Å². The van der Waals surface area contributed by atoms with Crippen LogP contribution < -0.4 is 14.8 Å². The predicted octanol–water partition coefficient (Wildman–Crippen LogP) is 6.27. The standard InChI is InChI=1S/C26H24N2O3S/c1-3-30-20-12-10-18(11-13-20)16-22(19-8-6-5-7-9-19)25(29)28-26-27-23-15-14-21(31-4-2)17-24(23)32-26/h5-17H,3-4H2,1-2H3,(H,27,28,29)/b22-16+. The van der Waals surface area contributed by atoms with Crippen molar-refractivity contribution in [2.45, 2.75) is 13.8 Å². The second kappa shape index (κ2) is 10.1. The fourth-order valence-electron chi connectivity index (χ4n) is 3.27. The first-order valence-electron chi connectivity index (χ1n) is 10.5. The highest BCUT2D eigenvalue weighted by atomic mass is 32.1. The molecule has 0 spiro atoms. The number of carbonyl (C=O) groups is 1. The maximum absolute atomic E-state index is 13.3. The lowest BCUT2D eigenvalue weighted by atomic mass is 10.0. The van der Waals surface area contributed by atoms with Crippen molar-refractivity contribution in [2.75, 3.05) is 18.5 Å². The van der Waals surface area contributed by atoms with Crippen LogP contribution in [0.25, 0.3) is 21.9 Å². The monoisotopic (exact) mass is 444 g/mol. The van der Waals surface area contributed by atoms with Crippen molar-refractivity contribution in [1.29, 1.82) is 0 Å². The molecule has 0 saturated heterocycles. The topological polar surface area (TPSA) is 60.5 Å². The molecule has 1 N–H and O–H groups in total. The van der Waals surface area contributed by atoms with Crippen molar-refractivity contribution >= 4 is 44.2 Å². The number of anilines is 1. The van der Waals surface area contributed by atoms with Gasteiger partial charge in [0.1, 0.15) is 11.5 Å². The van der Waals surface area contributed by atoms with E-state index in [1.165, 1.54) is 11.3 Å². The lowest BCUT2D eigenvalue weighted by Gasteiger charge is -2.08. The zero-order chi connectivity index (χ0) is 22.3. The average molecular weight is 445 g/mol. The van der Waals surface area contributed by atoms with Crippen molar-refractivity contribution in [1.82, 2.24) is 4.98 Å². The number of ether oxygens (including phenoxy) is 2. The second-order valence-electron chi connectivity index (χ2n) is 6.96. The van der Waals surface area contributed by atoms with Crippen LogP contribution in [0.1, 0.15) is 25.0 Å². The van der Waals surface area contributed by atoms with Gasteiger partial charge in [-0.05, 0) is 61.4 Å². The van der Waals surface area contributed by atoms with Crippen molar-refractivity contribution in [2.24, 2.45) is 0 Å². The summed E-state index contributed by atoms with van der Waals surface area (Å²) >= 11 is 1.43. The van der Waals surface area contributed by atoms with Crippen molar-refractivity contribution in [3.63, 3.8) is 0 Å². The Morgan fingerprint density at radius 3 is 2.34 bits per heavy atom. The molecule has 1 aromatic heterocycles. The van der Waals surface area contributed by atoms with E-state index in [1.54, 1.807) is 0 Å². The number of nitrogens with zero attached hydrogens (tertiary/aromatic N) is 1. The number of rotatable bonds is 8. The largest absolute Gasteiger partial charge is 0.494 e. The van der Waals surface area contributed by atoms with Crippen molar-refractivity contribution in [3.8, 4) is 11.5 Å². The van der Waals surface area contributed by atoms with Gasteiger partial charge in [0, 0.05) is 5.57 Å². The molecular weight excluding hydrogens is 420 g/mol. The van der Waals surface area contributed by atoms with Crippen LogP contribution in [0.3, 0.4) is 0 Å². The zero-order valence-electron chi connectivity index (χ0n) is 18.0. The SMILES string of the molecule is CCOc1ccc(/C=C(/C(=O)Nc2nc3ccc(OCC)cc3s2)c2ccccc2)cc1. The van der Waals surface area contributed by atoms with Gasteiger partial charge >= 0.3 is 0 Å². The molecule has 0 radical (unpaired) electrons. The van der Waals surface area contributed by atoms with Gasteiger partial charge in [-0.25, -0.2) is 4.98 Å². The Kier molecular flexibility index (Phi) is 6.82. The Bertz CT molecular complexity index is 1230. The van der Waals surface area contributed by atoms with E-state index in [-0.39, 0.29) is 5.91 Å². The number of thiazole rings is 1. The minimum atomic E-state index is -0.214. The molecule has 0 fully saturated rings. The molecule has 162 valence electrons. The highest BCUT2D eigenvalue weighted by Gasteiger charge is 2.15. The Labute approximate surface area is 191 Å². The molecule has 1 heterocycles. The summed E-state index contributed by atoms with van der Waals surface area (Å²) in [7, 11) is 0. The molecule has 0 bridgehead atoms. The molecule has 0 atom stereocenters. The van der Waals surface area contributed by atoms with Crippen LogP contribution >= 0.6 is 11.3 Å². The summed E-state index contributed by atoms with van der Waals surface area (Å²) in [5.41, 5.74) is 3.13. The number of benzene rings is 3. The number of hydrogen-bond acceptors (Lipinski definition) is 5. The van der Waals surface area contributed by atoms with Crippen LogP contribution in [0, 0.1) is 0 Å². The fraction of sp³-hybridized carbons (Fsp3) is 0.154. The zero-order valence-corrected chi connectivity index (χ0v) is 18.8.